The first-order chi connectivity index (χ1) is 6.81. The Morgan fingerprint density at radius 2 is 1.31 bits per heavy atom. The van der Waals surface area contributed by atoms with Crippen LogP contribution in [0.15, 0.2) is 0 Å². The Kier molecular flexibility index (Phi) is 5.17. The molecule has 1 saturated heterocycles. The molecule has 0 atom stereocenters. The predicted molar refractivity (Wildman–Crippen MR) is 64.0 cm³/mol. The highest BCUT2D eigenvalue weighted by Crippen LogP contribution is 2.31. The summed E-state index contributed by atoms with van der Waals surface area (Å²) in [5.74, 6) is 0.862. The smallest absolute Gasteiger partial charge is 0.307 e. The largest absolute Gasteiger partial charge is 0.466 e. The van der Waals surface area contributed by atoms with E-state index in [1.807, 2.05) is 0 Å². The molecule has 0 spiro atoms. The Labute approximate surface area is 97.5 Å². The van der Waals surface area contributed by atoms with Crippen molar-refractivity contribution in [2.75, 3.05) is 0 Å². The molecule has 98 valence electrons. The topological polar surface area (TPSA) is 89.8 Å². The van der Waals surface area contributed by atoms with Crippen LogP contribution in [0.1, 0.15) is 47.5 Å². The van der Waals surface area contributed by atoms with Gasteiger partial charge in [-0.05, 0) is 46.5 Å². The quantitative estimate of drug-likeness (QED) is 0.493. The molecule has 1 fully saturated rings. The van der Waals surface area contributed by atoms with E-state index < -0.39 is 7.82 Å². The summed E-state index contributed by atoms with van der Waals surface area (Å²) in [5, 5.41) is 3.66. The zero-order chi connectivity index (χ0) is 13.2. The summed E-state index contributed by atoms with van der Waals surface area (Å²) >= 11 is 0. The highest BCUT2D eigenvalue weighted by molar-refractivity contribution is 7.45. The van der Waals surface area contributed by atoms with Crippen molar-refractivity contribution in [2.45, 2.75) is 58.5 Å². The van der Waals surface area contributed by atoms with Gasteiger partial charge in [0.1, 0.15) is 0 Å². The zero-order valence-corrected chi connectivity index (χ0v) is 11.6. The third-order valence-corrected chi connectivity index (χ3v) is 2.39. The van der Waals surface area contributed by atoms with E-state index in [-0.39, 0.29) is 0 Å². The van der Waals surface area contributed by atoms with Gasteiger partial charge in [0.2, 0.25) is 0 Å². The first kappa shape index (κ1) is 16.1. The molecule has 0 aromatic carbocycles. The van der Waals surface area contributed by atoms with E-state index in [2.05, 4.69) is 39.9 Å². The van der Waals surface area contributed by atoms with E-state index >= 15 is 0 Å². The van der Waals surface area contributed by atoms with E-state index in [0.29, 0.717) is 11.1 Å². The SMILES string of the molecule is CC1CC(C)(C)NC(C)(C)C1.O=P(O)(O)O. The molecular formula is C10H24NO4P. The van der Waals surface area contributed by atoms with Crippen LogP contribution in [0.4, 0.5) is 0 Å². The van der Waals surface area contributed by atoms with Gasteiger partial charge in [-0.15, -0.1) is 0 Å². The van der Waals surface area contributed by atoms with Gasteiger partial charge < -0.3 is 20.0 Å². The predicted octanol–water partition coefficient (Wildman–Crippen LogP) is 1.63. The summed E-state index contributed by atoms with van der Waals surface area (Å²) < 4.78 is 8.88. The lowest BCUT2D eigenvalue weighted by molar-refractivity contribution is 0.138. The minimum absolute atomic E-state index is 0.334. The molecule has 0 saturated carbocycles. The minimum atomic E-state index is -4.64. The van der Waals surface area contributed by atoms with Gasteiger partial charge in [0.15, 0.2) is 0 Å². The van der Waals surface area contributed by atoms with Crippen LogP contribution in [0, 0.1) is 5.92 Å². The normalized spacial score (nSPS) is 24.5. The van der Waals surface area contributed by atoms with Gasteiger partial charge in [-0.1, -0.05) is 6.92 Å². The molecular weight excluding hydrogens is 229 g/mol. The van der Waals surface area contributed by atoms with E-state index in [9.17, 15) is 0 Å². The number of hydrogen-bond donors (Lipinski definition) is 4. The van der Waals surface area contributed by atoms with Gasteiger partial charge in [-0.2, -0.15) is 0 Å². The number of nitrogens with one attached hydrogen (secondary N) is 1. The van der Waals surface area contributed by atoms with E-state index in [1.54, 1.807) is 0 Å². The molecule has 1 aliphatic heterocycles. The van der Waals surface area contributed by atoms with Gasteiger partial charge in [-0.25, -0.2) is 4.57 Å². The van der Waals surface area contributed by atoms with Crippen molar-refractivity contribution < 1.29 is 19.2 Å². The monoisotopic (exact) mass is 253 g/mol. The van der Waals surface area contributed by atoms with Crippen molar-refractivity contribution in [3.63, 3.8) is 0 Å². The maximum atomic E-state index is 8.88. The van der Waals surface area contributed by atoms with Crippen LogP contribution in [0.3, 0.4) is 0 Å². The van der Waals surface area contributed by atoms with Crippen LogP contribution in [-0.4, -0.2) is 25.8 Å². The highest BCUT2D eigenvalue weighted by Gasteiger charge is 2.35. The van der Waals surface area contributed by atoms with E-state index in [1.165, 1.54) is 12.8 Å². The second-order valence-electron chi connectivity index (χ2n) is 5.92. The van der Waals surface area contributed by atoms with Crippen molar-refractivity contribution >= 4 is 7.82 Å². The van der Waals surface area contributed by atoms with Crippen molar-refractivity contribution in [2.24, 2.45) is 5.92 Å². The number of piperidine rings is 1. The molecule has 4 N–H and O–H groups in total. The zero-order valence-electron chi connectivity index (χ0n) is 10.7. The summed E-state index contributed by atoms with van der Waals surface area (Å²) in [7, 11) is -4.64. The number of hydrogen-bond acceptors (Lipinski definition) is 2. The molecule has 0 amide bonds. The second-order valence-corrected chi connectivity index (χ2v) is 6.95. The first-order valence-corrected chi connectivity index (χ1v) is 6.95. The van der Waals surface area contributed by atoms with Gasteiger partial charge in [-0.3, -0.25) is 0 Å². The molecule has 1 aliphatic rings. The lowest BCUT2D eigenvalue weighted by Crippen LogP contribution is -2.57. The molecule has 0 bridgehead atoms. The van der Waals surface area contributed by atoms with E-state index in [0.717, 1.165) is 5.92 Å². The fourth-order valence-electron chi connectivity index (χ4n) is 2.83. The van der Waals surface area contributed by atoms with Crippen molar-refractivity contribution in [3.8, 4) is 0 Å². The lowest BCUT2D eigenvalue weighted by atomic mass is 9.77. The average Bonchev–Trinajstić information content (AvgIpc) is 1.69. The van der Waals surface area contributed by atoms with E-state index in [4.69, 9.17) is 19.2 Å². The first-order valence-electron chi connectivity index (χ1n) is 5.38. The van der Waals surface area contributed by atoms with Crippen molar-refractivity contribution in [1.82, 2.24) is 5.32 Å². The molecule has 0 unspecified atom stereocenters. The fourth-order valence-corrected chi connectivity index (χ4v) is 2.83. The van der Waals surface area contributed by atoms with Crippen LogP contribution in [-0.2, 0) is 4.57 Å². The fraction of sp³-hybridized carbons (Fsp3) is 1.00. The second kappa shape index (κ2) is 5.15. The summed E-state index contributed by atoms with van der Waals surface area (Å²) in [6, 6.07) is 0. The molecule has 0 aromatic rings. The summed E-state index contributed by atoms with van der Waals surface area (Å²) in [5.41, 5.74) is 0.669. The average molecular weight is 253 g/mol. The molecule has 5 nitrogen and oxygen atoms in total. The Morgan fingerprint density at radius 1 is 1.06 bits per heavy atom. The molecule has 0 aliphatic carbocycles. The van der Waals surface area contributed by atoms with Crippen LogP contribution in [0.25, 0.3) is 0 Å². The maximum absolute atomic E-state index is 8.88. The Morgan fingerprint density at radius 3 is 1.50 bits per heavy atom. The molecule has 0 aromatic heterocycles. The standard InChI is InChI=1S/C10H21N.H3O4P/c1-8-6-9(2,3)11-10(4,5)7-8;1-5(2,3)4/h8,11H,6-7H2,1-5H3;(H3,1,2,3,4). The summed E-state index contributed by atoms with van der Waals surface area (Å²) in [4.78, 5) is 21.6. The molecule has 1 rings (SSSR count). The van der Waals surface area contributed by atoms with Crippen LogP contribution >= 0.6 is 7.82 Å². The van der Waals surface area contributed by atoms with Gasteiger partial charge >= 0.3 is 7.82 Å². The van der Waals surface area contributed by atoms with Gasteiger partial charge in [0.05, 0.1) is 0 Å². The van der Waals surface area contributed by atoms with Crippen molar-refractivity contribution in [3.05, 3.63) is 0 Å². The lowest BCUT2D eigenvalue weighted by Gasteiger charge is -2.45. The van der Waals surface area contributed by atoms with Gasteiger partial charge in [0, 0.05) is 11.1 Å². The van der Waals surface area contributed by atoms with Crippen LogP contribution in [0.2, 0.25) is 0 Å². The molecule has 1 heterocycles. The Hall–Kier alpha value is 0.0700. The van der Waals surface area contributed by atoms with Crippen LogP contribution < -0.4 is 5.32 Å². The Bertz CT molecular complexity index is 248. The van der Waals surface area contributed by atoms with Crippen molar-refractivity contribution in [1.29, 1.82) is 0 Å². The third-order valence-electron chi connectivity index (χ3n) is 2.39. The summed E-state index contributed by atoms with van der Waals surface area (Å²) in [6.07, 6.45) is 2.60. The third kappa shape index (κ3) is 9.31. The number of rotatable bonds is 0. The van der Waals surface area contributed by atoms with Crippen LogP contribution in [0.5, 0.6) is 0 Å². The summed E-state index contributed by atoms with van der Waals surface area (Å²) in [6.45, 7) is 11.5. The molecule has 6 heteroatoms. The number of phosphoric acid groups is 1. The maximum Gasteiger partial charge on any atom is 0.466 e. The van der Waals surface area contributed by atoms with Gasteiger partial charge in [0.25, 0.3) is 0 Å². The molecule has 0 radical (unpaired) electrons. The Balaban J connectivity index is 0.000000385. The molecule has 16 heavy (non-hydrogen) atoms. The highest BCUT2D eigenvalue weighted by atomic mass is 31.2. The minimum Gasteiger partial charge on any atom is -0.307 e.